The van der Waals surface area contributed by atoms with Crippen LogP contribution in [0.2, 0.25) is 0 Å². The average molecular weight is 131 g/mol. The fraction of sp³-hybridized carbons (Fsp3) is 0.667. The standard InChI is InChI=1S/C6H11O3/c1-4-9-5(2)6(7)8-3/h4-5H,1-3H3. The lowest BCUT2D eigenvalue weighted by Crippen LogP contribution is -2.20. The zero-order valence-corrected chi connectivity index (χ0v) is 5.88. The molecule has 1 atom stereocenters. The van der Waals surface area contributed by atoms with E-state index < -0.39 is 6.10 Å². The summed E-state index contributed by atoms with van der Waals surface area (Å²) in [6.45, 7) is 4.80. The maximum atomic E-state index is 10.5. The molecule has 0 rings (SSSR count). The van der Waals surface area contributed by atoms with Crippen molar-refractivity contribution in [2.75, 3.05) is 7.11 Å². The van der Waals surface area contributed by atoms with Crippen LogP contribution in [0, 0.1) is 6.61 Å². The molecule has 0 saturated heterocycles. The van der Waals surface area contributed by atoms with Crippen LogP contribution >= 0.6 is 0 Å². The van der Waals surface area contributed by atoms with Crippen LogP contribution in [0.3, 0.4) is 0 Å². The molecule has 0 spiro atoms. The number of hydrogen-bond acceptors (Lipinski definition) is 3. The summed E-state index contributed by atoms with van der Waals surface area (Å²) in [6, 6.07) is 0. The van der Waals surface area contributed by atoms with Crippen molar-refractivity contribution in [1.82, 2.24) is 0 Å². The number of ether oxygens (including phenoxy) is 2. The van der Waals surface area contributed by atoms with E-state index in [-0.39, 0.29) is 5.97 Å². The van der Waals surface area contributed by atoms with Crippen molar-refractivity contribution in [3.63, 3.8) is 0 Å². The Morgan fingerprint density at radius 3 is 2.56 bits per heavy atom. The fourth-order valence-electron chi connectivity index (χ4n) is 0.426. The van der Waals surface area contributed by atoms with Crippen LogP contribution in [-0.2, 0) is 14.3 Å². The van der Waals surface area contributed by atoms with Gasteiger partial charge in [-0.25, -0.2) is 4.79 Å². The highest BCUT2D eigenvalue weighted by atomic mass is 16.6. The zero-order valence-electron chi connectivity index (χ0n) is 5.88. The number of carbonyl (C=O) groups is 1. The topological polar surface area (TPSA) is 35.5 Å². The van der Waals surface area contributed by atoms with Gasteiger partial charge < -0.3 is 9.47 Å². The van der Waals surface area contributed by atoms with Gasteiger partial charge in [0.2, 0.25) is 0 Å². The van der Waals surface area contributed by atoms with E-state index in [0.717, 1.165) is 0 Å². The minimum absolute atomic E-state index is 0.354. The van der Waals surface area contributed by atoms with Crippen molar-refractivity contribution in [1.29, 1.82) is 0 Å². The second kappa shape index (κ2) is 4.32. The van der Waals surface area contributed by atoms with Crippen LogP contribution in [0.15, 0.2) is 0 Å². The highest BCUT2D eigenvalue weighted by Crippen LogP contribution is 1.94. The lowest BCUT2D eigenvalue weighted by atomic mass is 10.4. The normalized spacial score (nSPS) is 12.8. The molecule has 3 nitrogen and oxygen atoms in total. The Labute approximate surface area is 55.0 Å². The summed E-state index contributed by atoms with van der Waals surface area (Å²) in [5.41, 5.74) is 0. The zero-order chi connectivity index (χ0) is 7.28. The molecule has 0 bridgehead atoms. The van der Waals surface area contributed by atoms with E-state index in [1.807, 2.05) is 0 Å². The van der Waals surface area contributed by atoms with Crippen molar-refractivity contribution in [2.45, 2.75) is 20.0 Å². The van der Waals surface area contributed by atoms with Gasteiger partial charge in [0.05, 0.1) is 13.7 Å². The van der Waals surface area contributed by atoms with Crippen LogP contribution < -0.4 is 0 Å². The van der Waals surface area contributed by atoms with Crippen molar-refractivity contribution >= 4 is 5.97 Å². The van der Waals surface area contributed by atoms with Crippen molar-refractivity contribution in [3.8, 4) is 0 Å². The smallest absolute Gasteiger partial charge is 0.334 e. The number of esters is 1. The quantitative estimate of drug-likeness (QED) is 0.530. The largest absolute Gasteiger partial charge is 0.467 e. The first-order valence-corrected chi connectivity index (χ1v) is 2.73. The molecule has 3 heteroatoms. The Hall–Kier alpha value is -0.570. The average Bonchev–Trinajstić information content (AvgIpc) is 1.87. The molecule has 0 saturated carbocycles. The molecule has 0 fully saturated rings. The summed E-state index contributed by atoms with van der Waals surface area (Å²) >= 11 is 0. The SMILES string of the molecule is C[CH]OC(C)C(=O)OC. The summed E-state index contributed by atoms with van der Waals surface area (Å²) in [7, 11) is 1.33. The molecule has 0 heterocycles. The van der Waals surface area contributed by atoms with Gasteiger partial charge in [-0.3, -0.25) is 0 Å². The molecular formula is C6H11O3. The maximum Gasteiger partial charge on any atom is 0.334 e. The van der Waals surface area contributed by atoms with E-state index in [1.165, 1.54) is 13.7 Å². The van der Waals surface area contributed by atoms with Gasteiger partial charge in [0.25, 0.3) is 0 Å². The molecule has 1 radical (unpaired) electrons. The van der Waals surface area contributed by atoms with Crippen molar-refractivity contribution in [3.05, 3.63) is 6.61 Å². The minimum atomic E-state index is -0.486. The van der Waals surface area contributed by atoms with E-state index in [0.29, 0.717) is 0 Å². The van der Waals surface area contributed by atoms with Crippen LogP contribution in [-0.4, -0.2) is 19.2 Å². The Morgan fingerprint density at radius 1 is 1.67 bits per heavy atom. The summed E-state index contributed by atoms with van der Waals surface area (Å²) in [5.74, 6) is -0.354. The van der Waals surface area contributed by atoms with E-state index >= 15 is 0 Å². The van der Waals surface area contributed by atoms with E-state index in [4.69, 9.17) is 4.74 Å². The van der Waals surface area contributed by atoms with Gasteiger partial charge in [-0.05, 0) is 13.8 Å². The van der Waals surface area contributed by atoms with Crippen LogP contribution in [0.5, 0.6) is 0 Å². The first-order chi connectivity index (χ1) is 4.22. The van der Waals surface area contributed by atoms with Gasteiger partial charge >= 0.3 is 5.97 Å². The first kappa shape index (κ1) is 8.43. The monoisotopic (exact) mass is 131 g/mol. The van der Waals surface area contributed by atoms with Gasteiger partial charge in [0.15, 0.2) is 6.10 Å². The van der Waals surface area contributed by atoms with Crippen molar-refractivity contribution < 1.29 is 14.3 Å². The van der Waals surface area contributed by atoms with E-state index in [9.17, 15) is 4.79 Å². The second-order valence-corrected chi connectivity index (χ2v) is 1.54. The summed E-state index contributed by atoms with van der Waals surface area (Å²) in [5, 5.41) is 0. The predicted octanol–water partition coefficient (Wildman–Crippen LogP) is 0.746. The molecule has 0 aliphatic heterocycles. The molecule has 1 unspecified atom stereocenters. The number of carbonyl (C=O) groups excluding carboxylic acids is 1. The molecular weight excluding hydrogens is 120 g/mol. The molecule has 9 heavy (non-hydrogen) atoms. The lowest BCUT2D eigenvalue weighted by molar-refractivity contribution is -0.150. The third kappa shape index (κ3) is 3.08. The molecule has 0 aromatic rings. The van der Waals surface area contributed by atoms with Gasteiger partial charge in [0.1, 0.15) is 0 Å². The molecule has 0 aliphatic carbocycles. The van der Waals surface area contributed by atoms with Gasteiger partial charge in [0, 0.05) is 0 Å². The number of rotatable bonds is 3. The predicted molar refractivity (Wildman–Crippen MR) is 32.5 cm³/mol. The third-order valence-corrected chi connectivity index (χ3v) is 0.873. The fourth-order valence-corrected chi connectivity index (χ4v) is 0.426. The second-order valence-electron chi connectivity index (χ2n) is 1.54. The highest BCUT2D eigenvalue weighted by molar-refractivity contribution is 5.73. The Kier molecular flexibility index (Phi) is 4.05. The molecule has 0 aromatic carbocycles. The molecule has 0 aromatic heterocycles. The first-order valence-electron chi connectivity index (χ1n) is 2.73. The molecule has 0 amide bonds. The van der Waals surface area contributed by atoms with E-state index in [2.05, 4.69) is 4.74 Å². The van der Waals surface area contributed by atoms with Crippen LogP contribution in [0.4, 0.5) is 0 Å². The summed E-state index contributed by atoms with van der Waals surface area (Å²) in [6.07, 6.45) is -0.486. The van der Waals surface area contributed by atoms with Gasteiger partial charge in [-0.2, -0.15) is 0 Å². The highest BCUT2D eigenvalue weighted by Gasteiger charge is 2.11. The van der Waals surface area contributed by atoms with Crippen molar-refractivity contribution in [2.24, 2.45) is 0 Å². The molecule has 53 valence electrons. The Bertz CT molecular complexity index is 90.3. The Morgan fingerprint density at radius 2 is 2.22 bits per heavy atom. The minimum Gasteiger partial charge on any atom is -0.467 e. The lowest BCUT2D eigenvalue weighted by Gasteiger charge is -2.06. The molecule has 0 N–H and O–H groups in total. The van der Waals surface area contributed by atoms with Gasteiger partial charge in [-0.15, -0.1) is 0 Å². The van der Waals surface area contributed by atoms with E-state index in [1.54, 1.807) is 13.8 Å². The third-order valence-electron chi connectivity index (χ3n) is 0.873. The summed E-state index contributed by atoms with van der Waals surface area (Å²) in [4.78, 5) is 10.5. The van der Waals surface area contributed by atoms with Crippen LogP contribution in [0.25, 0.3) is 0 Å². The summed E-state index contributed by atoms with van der Waals surface area (Å²) < 4.78 is 9.18. The van der Waals surface area contributed by atoms with Crippen LogP contribution in [0.1, 0.15) is 13.8 Å². The Balaban J connectivity index is 3.45. The number of methoxy groups -OCH3 is 1. The maximum absolute atomic E-state index is 10.5. The molecule has 0 aliphatic rings. The number of hydrogen-bond donors (Lipinski definition) is 0. The van der Waals surface area contributed by atoms with Gasteiger partial charge in [-0.1, -0.05) is 0 Å².